The zero-order valence-corrected chi connectivity index (χ0v) is 18.4. The number of para-hydroxylation sites is 1. The number of nitrogens with zero attached hydrogens (tertiary/aromatic N) is 4. The zero-order valence-electron chi connectivity index (χ0n) is 18.4. The number of aromatic nitrogens is 3. The van der Waals surface area contributed by atoms with Gasteiger partial charge in [0.1, 0.15) is 0 Å². The lowest BCUT2D eigenvalue weighted by Crippen LogP contribution is -2.45. The first kappa shape index (κ1) is 19.8. The minimum absolute atomic E-state index is 0.0597. The van der Waals surface area contributed by atoms with Crippen LogP contribution in [0.4, 0.5) is 0 Å². The third-order valence-corrected chi connectivity index (χ3v) is 6.56. The third kappa shape index (κ3) is 3.22. The number of rotatable bonds is 3. The Hall–Kier alpha value is -3.12. The van der Waals surface area contributed by atoms with E-state index in [2.05, 4.69) is 52.5 Å². The highest BCUT2D eigenvalue weighted by atomic mass is 16.2. The number of fused-ring (bicyclic) bond motifs is 2. The molecule has 160 valence electrons. The fraction of sp³-hybridized carbons (Fsp3) is 0.360. The molecule has 0 saturated carbocycles. The van der Waals surface area contributed by atoms with Crippen molar-refractivity contribution < 1.29 is 4.79 Å². The smallest absolute Gasteiger partial charge is 0.254 e. The highest BCUT2D eigenvalue weighted by molar-refractivity contribution is 5.99. The average Bonchev–Trinajstić information content (AvgIpc) is 3.30. The van der Waals surface area contributed by atoms with E-state index < -0.39 is 0 Å². The van der Waals surface area contributed by atoms with Crippen LogP contribution in [-0.2, 0) is 13.6 Å². The minimum Gasteiger partial charge on any atom is -0.338 e. The summed E-state index contributed by atoms with van der Waals surface area (Å²) in [5.41, 5.74) is 12.0. The van der Waals surface area contributed by atoms with E-state index in [0.717, 1.165) is 59.6 Å². The summed E-state index contributed by atoms with van der Waals surface area (Å²) in [6, 6.07) is 14.7. The van der Waals surface area contributed by atoms with Crippen molar-refractivity contribution in [2.75, 3.05) is 13.1 Å². The predicted octanol–water partition coefficient (Wildman–Crippen LogP) is 4.09. The lowest BCUT2D eigenvalue weighted by atomic mass is 10.0. The highest BCUT2D eigenvalue weighted by Gasteiger charge is 2.25. The normalized spacial score (nSPS) is 17.0. The van der Waals surface area contributed by atoms with Gasteiger partial charge in [-0.2, -0.15) is 0 Å². The molecule has 3 heterocycles. The summed E-state index contributed by atoms with van der Waals surface area (Å²) in [5.74, 6) is 0.974. The molecule has 31 heavy (non-hydrogen) atoms. The average molecular weight is 416 g/mol. The van der Waals surface area contributed by atoms with Crippen LogP contribution in [0.5, 0.6) is 0 Å². The van der Waals surface area contributed by atoms with Crippen molar-refractivity contribution >= 4 is 27.8 Å². The summed E-state index contributed by atoms with van der Waals surface area (Å²) in [6.07, 6.45) is 1.94. The van der Waals surface area contributed by atoms with Crippen LogP contribution in [0.15, 0.2) is 42.5 Å². The van der Waals surface area contributed by atoms with Gasteiger partial charge in [-0.3, -0.25) is 4.79 Å². The van der Waals surface area contributed by atoms with E-state index in [1.54, 1.807) is 0 Å². The Bertz CT molecular complexity index is 1300. The Labute approximate surface area is 182 Å². The first-order valence-electron chi connectivity index (χ1n) is 11.1. The van der Waals surface area contributed by atoms with Crippen molar-refractivity contribution in [1.82, 2.24) is 19.0 Å². The van der Waals surface area contributed by atoms with Crippen molar-refractivity contribution in [3.63, 3.8) is 0 Å². The first-order chi connectivity index (χ1) is 15.0. The van der Waals surface area contributed by atoms with Gasteiger partial charge in [-0.1, -0.05) is 18.2 Å². The number of hydrogen-bond donors (Lipinski definition) is 1. The summed E-state index contributed by atoms with van der Waals surface area (Å²) in [7, 11) is 2.05. The quantitative estimate of drug-likeness (QED) is 0.548. The van der Waals surface area contributed by atoms with Crippen LogP contribution in [0.2, 0.25) is 0 Å². The molecule has 2 aromatic carbocycles. The number of carbonyl (C=O) groups is 1. The molecule has 1 fully saturated rings. The van der Waals surface area contributed by atoms with Gasteiger partial charge in [0.15, 0.2) is 5.82 Å². The molecule has 0 bridgehead atoms. The van der Waals surface area contributed by atoms with Crippen molar-refractivity contribution in [2.24, 2.45) is 12.8 Å². The van der Waals surface area contributed by atoms with Crippen LogP contribution in [0.3, 0.4) is 0 Å². The van der Waals surface area contributed by atoms with Gasteiger partial charge < -0.3 is 19.8 Å². The lowest BCUT2D eigenvalue weighted by molar-refractivity contribution is 0.0708. The van der Waals surface area contributed by atoms with Gasteiger partial charge in [0.25, 0.3) is 5.91 Å². The van der Waals surface area contributed by atoms with Crippen LogP contribution in [0, 0.1) is 6.92 Å². The van der Waals surface area contributed by atoms with Crippen molar-refractivity contribution in [3.8, 4) is 11.5 Å². The summed E-state index contributed by atoms with van der Waals surface area (Å²) in [5, 5.41) is 1.21. The Kier molecular flexibility index (Phi) is 4.82. The summed E-state index contributed by atoms with van der Waals surface area (Å²) in [4.78, 5) is 20.1. The first-order valence-corrected chi connectivity index (χ1v) is 11.1. The van der Waals surface area contributed by atoms with Crippen LogP contribution in [0.25, 0.3) is 33.5 Å². The van der Waals surface area contributed by atoms with E-state index in [9.17, 15) is 4.79 Å². The second-order valence-electron chi connectivity index (χ2n) is 8.64. The molecule has 4 aromatic rings. The molecule has 1 unspecified atom stereocenters. The van der Waals surface area contributed by atoms with E-state index in [4.69, 9.17) is 10.7 Å². The van der Waals surface area contributed by atoms with E-state index in [1.165, 1.54) is 10.9 Å². The van der Waals surface area contributed by atoms with E-state index in [0.29, 0.717) is 6.54 Å². The van der Waals surface area contributed by atoms with Gasteiger partial charge in [0, 0.05) is 49.2 Å². The van der Waals surface area contributed by atoms with Crippen molar-refractivity contribution in [3.05, 3.63) is 53.6 Å². The summed E-state index contributed by atoms with van der Waals surface area (Å²) < 4.78 is 4.43. The number of carbonyl (C=O) groups excluding carboxylic acids is 1. The molecule has 2 aromatic heterocycles. The lowest BCUT2D eigenvalue weighted by Gasteiger charge is -2.31. The Balaban J connectivity index is 1.61. The van der Waals surface area contributed by atoms with Crippen LogP contribution in [0.1, 0.15) is 35.7 Å². The van der Waals surface area contributed by atoms with Crippen LogP contribution < -0.4 is 5.73 Å². The van der Waals surface area contributed by atoms with Gasteiger partial charge in [0.05, 0.1) is 16.7 Å². The van der Waals surface area contributed by atoms with E-state index in [-0.39, 0.29) is 11.9 Å². The van der Waals surface area contributed by atoms with Gasteiger partial charge in [-0.15, -0.1) is 0 Å². The Morgan fingerprint density at radius 1 is 1.19 bits per heavy atom. The number of piperidine rings is 1. The molecule has 0 aliphatic carbocycles. The Morgan fingerprint density at radius 2 is 2.00 bits per heavy atom. The summed E-state index contributed by atoms with van der Waals surface area (Å²) >= 11 is 0. The number of benzene rings is 2. The third-order valence-electron chi connectivity index (χ3n) is 6.56. The standard InChI is InChI=1S/C25H29N5O/c1-4-30-21-10-6-5-8-17(21)13-23(30)24-27-20-14-19(16(2)12-22(20)28(24)3)25(31)29-11-7-9-18(26)15-29/h5-6,8,10,12-14,18H,4,7,9,11,15,26H2,1-3H3. The predicted molar refractivity (Wildman–Crippen MR) is 125 cm³/mol. The number of likely N-dealkylation sites (tertiary alicyclic amines) is 1. The van der Waals surface area contributed by atoms with Crippen LogP contribution >= 0.6 is 0 Å². The van der Waals surface area contributed by atoms with Crippen LogP contribution in [-0.4, -0.2) is 44.1 Å². The molecule has 6 nitrogen and oxygen atoms in total. The van der Waals surface area contributed by atoms with Gasteiger partial charge >= 0.3 is 0 Å². The molecule has 0 spiro atoms. The molecule has 1 amide bonds. The maximum Gasteiger partial charge on any atom is 0.254 e. The monoisotopic (exact) mass is 415 g/mol. The fourth-order valence-corrected chi connectivity index (χ4v) is 4.90. The van der Waals surface area contributed by atoms with Crippen molar-refractivity contribution in [1.29, 1.82) is 0 Å². The number of imidazole rings is 1. The maximum atomic E-state index is 13.2. The molecule has 1 aliphatic rings. The molecular formula is C25H29N5O. The zero-order chi connectivity index (χ0) is 21.7. The largest absolute Gasteiger partial charge is 0.338 e. The number of nitrogens with two attached hydrogens (primary N) is 1. The van der Waals surface area contributed by atoms with E-state index in [1.807, 2.05) is 24.9 Å². The molecule has 2 N–H and O–H groups in total. The topological polar surface area (TPSA) is 69.1 Å². The highest BCUT2D eigenvalue weighted by Crippen LogP contribution is 2.31. The number of amides is 1. The second kappa shape index (κ2) is 7.54. The summed E-state index contributed by atoms with van der Waals surface area (Å²) in [6.45, 7) is 6.42. The van der Waals surface area contributed by atoms with Gasteiger partial charge in [-0.05, 0) is 56.5 Å². The van der Waals surface area contributed by atoms with E-state index >= 15 is 0 Å². The molecule has 1 saturated heterocycles. The number of hydrogen-bond acceptors (Lipinski definition) is 3. The molecule has 1 aliphatic heterocycles. The molecular weight excluding hydrogens is 386 g/mol. The molecule has 1 atom stereocenters. The Morgan fingerprint density at radius 3 is 2.77 bits per heavy atom. The molecule has 0 radical (unpaired) electrons. The molecule has 6 heteroatoms. The van der Waals surface area contributed by atoms with Gasteiger partial charge in [0.2, 0.25) is 0 Å². The maximum absolute atomic E-state index is 13.2. The molecule has 5 rings (SSSR count). The van der Waals surface area contributed by atoms with Gasteiger partial charge in [-0.25, -0.2) is 4.98 Å². The fourth-order valence-electron chi connectivity index (χ4n) is 4.90. The SMILES string of the molecule is CCn1c(-c2nc3cc(C(=O)N4CCCC(N)C4)c(C)cc3n2C)cc2ccccc21. The van der Waals surface area contributed by atoms with Crippen molar-refractivity contribution in [2.45, 2.75) is 39.3 Å². The number of aryl methyl sites for hydroxylation is 3. The second-order valence-corrected chi connectivity index (χ2v) is 8.64. The minimum atomic E-state index is 0.0597.